The van der Waals surface area contributed by atoms with Crippen molar-refractivity contribution in [2.75, 3.05) is 9.80 Å². The average molecular weight is 767 g/mol. The number of allylic oxidation sites excluding steroid dienone is 5. The summed E-state index contributed by atoms with van der Waals surface area (Å²) in [5.74, 6) is 1.26. The van der Waals surface area contributed by atoms with Gasteiger partial charge in [-0.3, -0.25) is 0 Å². The maximum absolute atomic E-state index is 6.97. The Bertz CT molecular complexity index is 2910. The molecule has 0 saturated heterocycles. The van der Waals surface area contributed by atoms with E-state index in [4.69, 9.17) is 16.0 Å². The number of hydrogen-bond donors (Lipinski definition) is 0. The van der Waals surface area contributed by atoms with Gasteiger partial charge in [-0.15, -0.1) is 0 Å². The van der Waals surface area contributed by atoms with Gasteiger partial charge in [0.2, 0.25) is 0 Å². The molecule has 1 atom stereocenters. The molecule has 1 unspecified atom stereocenters. The Morgan fingerprint density at radius 1 is 0.603 bits per heavy atom. The fourth-order valence-electron chi connectivity index (χ4n) is 9.17. The van der Waals surface area contributed by atoms with Crippen molar-refractivity contribution in [2.45, 2.75) is 25.2 Å². The van der Waals surface area contributed by atoms with Gasteiger partial charge in [-0.25, -0.2) is 0 Å². The summed E-state index contributed by atoms with van der Waals surface area (Å²) in [6.07, 6.45) is 14.2. The number of anilines is 5. The zero-order chi connectivity index (χ0) is 38.6. The summed E-state index contributed by atoms with van der Waals surface area (Å²) in [5, 5.41) is 1.92. The molecule has 0 N–H and O–H groups in total. The van der Waals surface area contributed by atoms with Crippen molar-refractivity contribution >= 4 is 57.1 Å². The van der Waals surface area contributed by atoms with E-state index in [1.807, 2.05) is 6.07 Å². The summed E-state index contributed by atoms with van der Waals surface area (Å²) in [6.45, 7) is 0. The normalized spacial score (nSPS) is 15.2. The Morgan fingerprint density at radius 2 is 1.26 bits per heavy atom. The van der Waals surface area contributed by atoms with E-state index in [-0.39, 0.29) is 5.92 Å². The molecule has 0 fully saturated rings. The lowest BCUT2D eigenvalue weighted by molar-refractivity contribution is 0.596. The van der Waals surface area contributed by atoms with Crippen LogP contribution >= 0.6 is 11.6 Å². The summed E-state index contributed by atoms with van der Waals surface area (Å²) in [6, 6.07) is 58.2. The van der Waals surface area contributed by atoms with Crippen molar-refractivity contribution in [3.8, 4) is 33.4 Å². The summed E-state index contributed by atoms with van der Waals surface area (Å²) in [4.78, 5) is 4.76. The lowest BCUT2D eigenvalue weighted by atomic mass is 9.87. The highest BCUT2D eigenvalue weighted by Crippen LogP contribution is 2.57. The highest BCUT2D eigenvalue weighted by atomic mass is 35.5. The predicted octanol–water partition coefficient (Wildman–Crippen LogP) is 15.6. The van der Waals surface area contributed by atoms with Crippen LogP contribution in [0.15, 0.2) is 198 Å². The number of fused-ring (bicyclic) bond motifs is 7. The monoisotopic (exact) mass is 766 g/mol. The molecule has 0 spiro atoms. The highest BCUT2D eigenvalue weighted by molar-refractivity contribution is 6.31. The van der Waals surface area contributed by atoms with Crippen LogP contribution in [0.1, 0.15) is 35.6 Å². The van der Waals surface area contributed by atoms with E-state index in [1.165, 1.54) is 44.7 Å². The molecule has 0 saturated carbocycles. The van der Waals surface area contributed by atoms with Gasteiger partial charge < -0.3 is 14.2 Å². The van der Waals surface area contributed by atoms with E-state index in [0.717, 1.165) is 69.9 Å². The fourth-order valence-corrected chi connectivity index (χ4v) is 9.40. The van der Waals surface area contributed by atoms with Gasteiger partial charge >= 0.3 is 0 Å². The fraction of sp³-hybridized carbons (Fsp3) is 0.0741. The number of hydrogen-bond acceptors (Lipinski definition) is 3. The van der Waals surface area contributed by atoms with E-state index >= 15 is 0 Å². The number of para-hydroxylation sites is 2. The lowest BCUT2D eigenvalue weighted by Crippen LogP contribution is -2.14. The molecule has 278 valence electrons. The molecule has 1 aromatic heterocycles. The molecule has 2 aliphatic carbocycles. The molecule has 2 heterocycles. The van der Waals surface area contributed by atoms with E-state index < -0.39 is 0 Å². The standard InChI is InChI=1S/C54H39ClN2O/c55-41-32-40(33-45(34-41)56(42-16-6-2-7-17-42)44-30-28-37(29-31-44)36-14-4-1-5-15-36)38-24-26-39(27-25-38)48-35-49-46-20-10-12-22-50(46)57(43-18-8-3-9-19-43)53(49)52-47-21-11-13-23-51(47)58-54(48)52/h1-10,12-19,22-35,46H,11,20-21H2. The van der Waals surface area contributed by atoms with Gasteiger partial charge in [0.1, 0.15) is 11.3 Å². The first-order valence-electron chi connectivity index (χ1n) is 20.1. The summed E-state index contributed by atoms with van der Waals surface area (Å²) < 4.78 is 6.86. The summed E-state index contributed by atoms with van der Waals surface area (Å²) in [7, 11) is 0. The molecule has 0 amide bonds. The second-order valence-corrected chi connectivity index (χ2v) is 15.7. The van der Waals surface area contributed by atoms with Crippen molar-refractivity contribution in [1.82, 2.24) is 0 Å². The predicted molar refractivity (Wildman–Crippen MR) is 243 cm³/mol. The number of aryl methyl sites for hydroxylation is 1. The zero-order valence-electron chi connectivity index (χ0n) is 31.9. The number of halogens is 1. The lowest BCUT2D eigenvalue weighted by Gasteiger charge is -2.26. The molecule has 4 heteroatoms. The van der Waals surface area contributed by atoms with E-state index in [0.29, 0.717) is 5.02 Å². The molecule has 11 rings (SSSR count). The Hall–Kier alpha value is -6.81. The van der Waals surface area contributed by atoms with Gasteiger partial charge in [0.15, 0.2) is 0 Å². The van der Waals surface area contributed by atoms with Crippen LogP contribution in [0.4, 0.5) is 28.4 Å². The van der Waals surface area contributed by atoms with Gasteiger partial charge in [-0.2, -0.15) is 0 Å². The molecule has 0 bridgehead atoms. The van der Waals surface area contributed by atoms with E-state index in [1.54, 1.807) is 0 Å². The zero-order valence-corrected chi connectivity index (χ0v) is 32.6. The first-order valence-corrected chi connectivity index (χ1v) is 20.5. The largest absolute Gasteiger partial charge is 0.456 e. The summed E-state index contributed by atoms with van der Waals surface area (Å²) in [5.41, 5.74) is 17.3. The second-order valence-electron chi connectivity index (χ2n) is 15.3. The number of rotatable bonds is 7. The first-order chi connectivity index (χ1) is 28.7. The maximum atomic E-state index is 6.97. The smallest absolute Gasteiger partial charge is 0.145 e. The van der Waals surface area contributed by atoms with Crippen LogP contribution in [0.3, 0.4) is 0 Å². The van der Waals surface area contributed by atoms with Crippen LogP contribution in [-0.2, 0) is 6.42 Å². The minimum atomic E-state index is 0.277. The molecule has 8 aromatic rings. The third kappa shape index (κ3) is 5.90. The third-order valence-corrected chi connectivity index (χ3v) is 12.1. The number of nitrogens with zero attached hydrogens (tertiary/aromatic N) is 2. The average Bonchev–Trinajstić information content (AvgIpc) is 3.83. The van der Waals surface area contributed by atoms with Crippen molar-refractivity contribution in [1.29, 1.82) is 0 Å². The first kappa shape index (κ1) is 34.4. The van der Waals surface area contributed by atoms with Crippen molar-refractivity contribution in [2.24, 2.45) is 0 Å². The maximum Gasteiger partial charge on any atom is 0.145 e. The Balaban J connectivity index is 1.00. The van der Waals surface area contributed by atoms with Gasteiger partial charge in [0.25, 0.3) is 0 Å². The molecule has 3 nitrogen and oxygen atoms in total. The Labute approximate surface area is 344 Å². The van der Waals surface area contributed by atoms with Crippen molar-refractivity contribution < 1.29 is 4.42 Å². The molecular weight excluding hydrogens is 728 g/mol. The Kier molecular flexibility index (Phi) is 8.48. The van der Waals surface area contributed by atoms with Crippen LogP contribution in [0.25, 0.3) is 50.4 Å². The van der Waals surface area contributed by atoms with Crippen LogP contribution in [0, 0.1) is 0 Å². The minimum absolute atomic E-state index is 0.277. The van der Waals surface area contributed by atoms with Crippen molar-refractivity contribution in [3.63, 3.8) is 0 Å². The summed E-state index contributed by atoms with van der Waals surface area (Å²) >= 11 is 6.97. The van der Waals surface area contributed by atoms with Crippen LogP contribution < -0.4 is 9.80 Å². The molecular formula is C54H39ClN2O. The topological polar surface area (TPSA) is 19.6 Å². The number of benzene rings is 7. The van der Waals surface area contributed by atoms with Gasteiger partial charge in [0.05, 0.1) is 5.69 Å². The van der Waals surface area contributed by atoms with Crippen LogP contribution in [0.5, 0.6) is 0 Å². The minimum Gasteiger partial charge on any atom is -0.456 e. The van der Waals surface area contributed by atoms with Crippen LogP contribution in [-0.4, -0.2) is 0 Å². The van der Waals surface area contributed by atoms with Gasteiger partial charge in [0, 0.05) is 55.9 Å². The van der Waals surface area contributed by atoms with E-state index in [2.05, 4.69) is 198 Å². The van der Waals surface area contributed by atoms with Gasteiger partial charge in [-0.05, 0) is 125 Å². The number of furan rings is 1. The molecule has 7 aromatic carbocycles. The van der Waals surface area contributed by atoms with Crippen molar-refractivity contribution in [3.05, 3.63) is 216 Å². The molecule has 0 radical (unpaired) electrons. The van der Waals surface area contributed by atoms with Crippen LogP contribution in [0.2, 0.25) is 5.02 Å². The SMILES string of the molecule is Clc1cc(-c2ccc(-c3cc4c(c5c6c(oc35)C=CCC6)N(c3ccccc3)C3=CC=CCC34)cc2)cc(N(c2ccccc2)c2ccc(-c3ccccc3)cc2)c1. The molecule has 3 aliphatic rings. The molecule has 1 aliphatic heterocycles. The Morgan fingerprint density at radius 3 is 2.03 bits per heavy atom. The van der Waals surface area contributed by atoms with Gasteiger partial charge in [-0.1, -0.05) is 133 Å². The molecule has 58 heavy (non-hydrogen) atoms. The highest BCUT2D eigenvalue weighted by Gasteiger charge is 2.39. The second kappa shape index (κ2) is 14.3. The van der Waals surface area contributed by atoms with E-state index in [9.17, 15) is 0 Å². The quantitative estimate of drug-likeness (QED) is 0.161. The third-order valence-electron chi connectivity index (χ3n) is 11.8.